The van der Waals surface area contributed by atoms with Crippen LogP contribution < -0.4 is 15.4 Å². The van der Waals surface area contributed by atoms with Gasteiger partial charge in [0, 0.05) is 13.1 Å². The highest BCUT2D eigenvalue weighted by Crippen LogP contribution is 2.34. The van der Waals surface area contributed by atoms with Gasteiger partial charge in [0.25, 0.3) is 0 Å². The number of nitrogens with one attached hydrogen (secondary N) is 2. The fourth-order valence-electron chi connectivity index (χ4n) is 3.72. The summed E-state index contributed by atoms with van der Waals surface area (Å²) in [6.45, 7) is 5.39. The first kappa shape index (κ1) is 23.2. The molecule has 158 valence electrons. The molecule has 7 heteroatoms. The first-order chi connectivity index (χ1) is 13.1. The molecule has 2 aliphatic heterocycles. The monoisotopic (exact) mass is 502 g/mol. The third kappa shape index (κ3) is 7.08. The van der Waals surface area contributed by atoms with E-state index < -0.39 is 0 Å². The van der Waals surface area contributed by atoms with Crippen molar-refractivity contribution in [3.63, 3.8) is 0 Å². The molecule has 0 aliphatic carbocycles. The van der Waals surface area contributed by atoms with E-state index in [4.69, 9.17) is 14.5 Å². The summed E-state index contributed by atoms with van der Waals surface area (Å²) < 4.78 is 11.7. The van der Waals surface area contributed by atoms with E-state index >= 15 is 0 Å². The maximum Gasteiger partial charge on any atom is 0.191 e. The van der Waals surface area contributed by atoms with Crippen LogP contribution in [0.15, 0.2) is 29.3 Å². The molecule has 2 N–H and O–H groups in total. The predicted molar refractivity (Wildman–Crippen MR) is 125 cm³/mol. The molecule has 0 aromatic heterocycles. The lowest BCUT2D eigenvalue weighted by atomic mass is 9.96. The van der Waals surface area contributed by atoms with E-state index in [0.29, 0.717) is 24.8 Å². The summed E-state index contributed by atoms with van der Waals surface area (Å²) in [6, 6.07) is 8.64. The van der Waals surface area contributed by atoms with Crippen LogP contribution in [0, 0.1) is 0 Å². The largest absolute Gasteiger partial charge is 0.494 e. The summed E-state index contributed by atoms with van der Waals surface area (Å²) in [4.78, 5) is 6.92. The Morgan fingerprint density at radius 1 is 1.25 bits per heavy atom. The van der Waals surface area contributed by atoms with E-state index in [0.717, 1.165) is 50.7 Å². The van der Waals surface area contributed by atoms with Gasteiger partial charge in [-0.25, -0.2) is 4.99 Å². The second kappa shape index (κ2) is 11.8. The van der Waals surface area contributed by atoms with Crippen molar-refractivity contribution in [1.82, 2.24) is 15.5 Å². The molecule has 2 bridgehead atoms. The molecule has 1 aromatic carbocycles. The Kier molecular flexibility index (Phi) is 9.81. The number of guanidine groups is 1. The van der Waals surface area contributed by atoms with Gasteiger partial charge in [-0.15, -0.1) is 24.0 Å². The minimum Gasteiger partial charge on any atom is -0.494 e. The normalized spacial score (nSPS) is 23.6. The molecule has 3 rings (SSSR count). The van der Waals surface area contributed by atoms with E-state index in [-0.39, 0.29) is 24.0 Å². The second-order valence-electron chi connectivity index (χ2n) is 7.70. The van der Waals surface area contributed by atoms with E-state index in [1.807, 2.05) is 12.1 Å². The quantitative estimate of drug-likeness (QED) is 0.235. The van der Waals surface area contributed by atoms with Crippen molar-refractivity contribution in [3.05, 3.63) is 29.8 Å². The first-order valence-corrected chi connectivity index (χ1v) is 10.2. The van der Waals surface area contributed by atoms with E-state index in [1.165, 1.54) is 12.0 Å². The topological polar surface area (TPSA) is 58.1 Å². The lowest BCUT2D eigenvalue weighted by molar-refractivity contribution is 0.0992. The molecule has 1 aromatic rings. The summed E-state index contributed by atoms with van der Waals surface area (Å²) in [5.74, 6) is 1.80. The number of hydrogen-bond acceptors (Lipinski definition) is 4. The predicted octanol–water partition coefficient (Wildman–Crippen LogP) is 3.01. The van der Waals surface area contributed by atoms with Crippen LogP contribution in [0.25, 0.3) is 0 Å². The Morgan fingerprint density at radius 3 is 2.64 bits per heavy atom. The average molecular weight is 502 g/mol. The van der Waals surface area contributed by atoms with Gasteiger partial charge in [0.1, 0.15) is 5.75 Å². The van der Waals surface area contributed by atoms with Crippen LogP contribution in [-0.4, -0.2) is 62.9 Å². The van der Waals surface area contributed by atoms with Gasteiger partial charge in [0.2, 0.25) is 0 Å². The van der Waals surface area contributed by atoms with E-state index in [2.05, 4.69) is 48.7 Å². The summed E-state index contributed by atoms with van der Waals surface area (Å²) >= 11 is 0. The van der Waals surface area contributed by atoms with Crippen molar-refractivity contribution in [3.8, 4) is 5.75 Å². The van der Waals surface area contributed by atoms with E-state index in [9.17, 15) is 0 Å². The van der Waals surface area contributed by atoms with Crippen LogP contribution in [0.4, 0.5) is 0 Å². The molecule has 0 amide bonds. The van der Waals surface area contributed by atoms with E-state index in [1.54, 1.807) is 0 Å². The summed E-state index contributed by atoms with van der Waals surface area (Å²) in [5.41, 5.74) is 1.18. The zero-order valence-corrected chi connectivity index (χ0v) is 19.6. The van der Waals surface area contributed by atoms with Crippen molar-refractivity contribution in [2.24, 2.45) is 4.99 Å². The highest BCUT2D eigenvalue weighted by Gasteiger charge is 2.41. The van der Waals surface area contributed by atoms with Crippen LogP contribution in [-0.2, 0) is 11.3 Å². The van der Waals surface area contributed by atoms with Crippen LogP contribution >= 0.6 is 24.0 Å². The SMILES string of the molecule is CCNC(=NCc1ccc(OCCCN(C)C)cc1)NC1CC2CCC1O2.I. The third-order valence-electron chi connectivity index (χ3n) is 5.13. The highest BCUT2D eigenvalue weighted by atomic mass is 127. The fourth-order valence-corrected chi connectivity index (χ4v) is 3.72. The summed E-state index contributed by atoms with van der Waals surface area (Å²) in [7, 11) is 4.16. The maximum absolute atomic E-state index is 5.93. The Labute approximate surface area is 186 Å². The molecular weight excluding hydrogens is 467 g/mol. The van der Waals surface area contributed by atoms with Crippen LogP contribution in [0.5, 0.6) is 5.75 Å². The second-order valence-corrected chi connectivity index (χ2v) is 7.70. The van der Waals surface area contributed by atoms with Crippen molar-refractivity contribution in [2.75, 3.05) is 33.8 Å². The number of fused-ring (bicyclic) bond motifs is 2. The number of nitrogens with zero attached hydrogens (tertiary/aromatic N) is 2. The third-order valence-corrected chi connectivity index (χ3v) is 5.13. The summed E-state index contributed by atoms with van der Waals surface area (Å²) in [5, 5.41) is 6.91. The summed E-state index contributed by atoms with van der Waals surface area (Å²) in [6.07, 6.45) is 5.29. The zero-order valence-electron chi connectivity index (χ0n) is 17.3. The molecule has 28 heavy (non-hydrogen) atoms. The van der Waals surface area contributed by atoms with Gasteiger partial charge in [0.05, 0.1) is 31.4 Å². The highest BCUT2D eigenvalue weighted by molar-refractivity contribution is 14.0. The molecule has 0 radical (unpaired) electrons. The van der Waals surface area contributed by atoms with Gasteiger partial charge in [-0.3, -0.25) is 0 Å². The molecule has 3 atom stereocenters. The van der Waals surface area contributed by atoms with Crippen molar-refractivity contribution in [1.29, 1.82) is 0 Å². The molecule has 2 aliphatic rings. The Balaban J connectivity index is 0.00000280. The number of hydrogen-bond donors (Lipinski definition) is 2. The molecule has 2 heterocycles. The minimum absolute atomic E-state index is 0. The Hall–Kier alpha value is -1.06. The van der Waals surface area contributed by atoms with Gasteiger partial charge in [-0.2, -0.15) is 0 Å². The molecule has 2 saturated heterocycles. The van der Waals surface area contributed by atoms with Crippen LogP contribution in [0.3, 0.4) is 0 Å². The average Bonchev–Trinajstić information content (AvgIpc) is 3.27. The van der Waals surface area contributed by atoms with Gasteiger partial charge in [0.15, 0.2) is 5.96 Å². The molecule has 0 spiro atoms. The Bertz CT molecular complexity index is 609. The number of benzene rings is 1. The van der Waals surface area contributed by atoms with Crippen molar-refractivity contribution < 1.29 is 9.47 Å². The van der Waals surface area contributed by atoms with Crippen molar-refractivity contribution >= 4 is 29.9 Å². The number of halogens is 1. The fraction of sp³-hybridized carbons (Fsp3) is 0.667. The molecule has 6 nitrogen and oxygen atoms in total. The number of ether oxygens (including phenoxy) is 2. The standard InChI is InChI=1S/C21H34N4O2.HI/c1-4-22-21(24-19-14-18-10-11-20(19)27-18)23-15-16-6-8-17(9-7-16)26-13-5-12-25(2)3;/h6-9,18-20H,4-5,10-15H2,1-3H3,(H2,22,23,24);1H. The zero-order chi connectivity index (χ0) is 19.1. The molecule has 0 saturated carbocycles. The van der Waals surface area contributed by atoms with Gasteiger partial charge in [-0.1, -0.05) is 12.1 Å². The van der Waals surface area contributed by atoms with Gasteiger partial charge in [-0.05, 0) is 64.4 Å². The lowest BCUT2D eigenvalue weighted by Gasteiger charge is -2.22. The molecular formula is C21H35IN4O2. The van der Waals surface area contributed by atoms with Gasteiger partial charge < -0.3 is 25.0 Å². The van der Waals surface area contributed by atoms with Gasteiger partial charge >= 0.3 is 0 Å². The molecule has 2 fully saturated rings. The van der Waals surface area contributed by atoms with Crippen molar-refractivity contribution in [2.45, 2.75) is 57.4 Å². The number of rotatable bonds is 9. The van der Waals surface area contributed by atoms with Crippen LogP contribution in [0.1, 0.15) is 38.2 Å². The first-order valence-electron chi connectivity index (χ1n) is 10.2. The lowest BCUT2D eigenvalue weighted by Crippen LogP contribution is -2.47. The Morgan fingerprint density at radius 2 is 2.04 bits per heavy atom. The minimum atomic E-state index is 0. The van der Waals surface area contributed by atoms with Crippen LogP contribution in [0.2, 0.25) is 0 Å². The maximum atomic E-state index is 5.93. The molecule has 3 unspecified atom stereocenters. The number of aliphatic imine (C=N–C) groups is 1. The smallest absolute Gasteiger partial charge is 0.191 e.